The molecule has 0 aliphatic carbocycles. The third-order valence-corrected chi connectivity index (χ3v) is 1.80. The molecule has 0 unspecified atom stereocenters. The van der Waals surface area contributed by atoms with Gasteiger partial charge in [0.2, 0.25) is 0 Å². The van der Waals surface area contributed by atoms with Crippen molar-refractivity contribution < 1.29 is 5.11 Å². The van der Waals surface area contributed by atoms with Crippen LogP contribution in [0.1, 0.15) is 13.3 Å². The van der Waals surface area contributed by atoms with Crippen LogP contribution in [-0.2, 0) is 0 Å². The molecule has 1 N–H and O–H groups in total. The molecule has 1 aromatic rings. The zero-order valence-corrected chi connectivity index (χ0v) is 7.13. The van der Waals surface area contributed by atoms with E-state index in [1.807, 2.05) is 6.92 Å². The lowest BCUT2D eigenvalue weighted by Crippen LogP contribution is -2.38. The molecular formula is C8H11NO3. The van der Waals surface area contributed by atoms with Crippen LogP contribution in [0.4, 0.5) is 5.69 Å². The van der Waals surface area contributed by atoms with Crippen LogP contribution in [0.5, 0.6) is 5.75 Å². The molecule has 0 spiro atoms. The second-order valence-electron chi connectivity index (χ2n) is 2.78. The molecule has 0 radical (unpaired) electrons. The summed E-state index contributed by atoms with van der Waals surface area (Å²) >= 11 is 0. The van der Waals surface area contributed by atoms with Gasteiger partial charge in [0.15, 0.2) is 5.75 Å². The number of aromatic hydroxyl groups is 1. The van der Waals surface area contributed by atoms with Crippen LogP contribution in [0.25, 0.3) is 0 Å². The van der Waals surface area contributed by atoms with Crippen molar-refractivity contribution in [2.45, 2.75) is 13.3 Å². The number of anilines is 1. The number of nitrogens with zero attached hydrogens (tertiary/aromatic N) is 1. The van der Waals surface area contributed by atoms with Crippen molar-refractivity contribution in [3.63, 3.8) is 0 Å². The molecule has 0 amide bonds. The number of hydrogen-bond donors (Lipinski definition) is 1. The maximum absolute atomic E-state index is 10.9. The van der Waals surface area contributed by atoms with Crippen LogP contribution < -0.4 is 15.8 Å². The van der Waals surface area contributed by atoms with Crippen LogP contribution >= 0.6 is 0 Å². The predicted octanol–water partition coefficient (Wildman–Crippen LogP) is -0.166. The first kappa shape index (κ1) is 8.77. The molecule has 1 aromatic carbocycles. The normalized spacial score (nSPS) is 10.5. The molecule has 0 bridgehead atoms. The Kier molecular flexibility index (Phi) is 2.17. The molecule has 0 aliphatic heterocycles. The van der Waals surface area contributed by atoms with E-state index in [2.05, 4.69) is 0 Å². The SMILES string of the molecule is CCCN(C)c1c(O)c(=O)c1=O. The van der Waals surface area contributed by atoms with Crippen molar-refractivity contribution in [3.8, 4) is 5.75 Å². The van der Waals surface area contributed by atoms with Gasteiger partial charge < -0.3 is 10.0 Å². The topological polar surface area (TPSA) is 57.6 Å². The fraction of sp³-hybridized carbons (Fsp3) is 0.500. The molecule has 0 fully saturated rings. The zero-order chi connectivity index (χ0) is 9.30. The molecule has 0 aromatic heterocycles. The van der Waals surface area contributed by atoms with Gasteiger partial charge in [-0.2, -0.15) is 0 Å². The van der Waals surface area contributed by atoms with Crippen molar-refractivity contribution in [1.29, 1.82) is 0 Å². The average Bonchev–Trinajstić information content (AvgIpc) is 2.05. The van der Waals surface area contributed by atoms with Crippen LogP contribution in [-0.4, -0.2) is 18.7 Å². The summed E-state index contributed by atoms with van der Waals surface area (Å²) in [5.41, 5.74) is -1.20. The van der Waals surface area contributed by atoms with Crippen LogP contribution in [0.15, 0.2) is 9.59 Å². The summed E-state index contributed by atoms with van der Waals surface area (Å²) in [5.74, 6) is -0.393. The van der Waals surface area contributed by atoms with Gasteiger partial charge in [0.1, 0.15) is 5.69 Å². The minimum atomic E-state index is -0.770. The van der Waals surface area contributed by atoms with Crippen LogP contribution in [0.3, 0.4) is 0 Å². The summed E-state index contributed by atoms with van der Waals surface area (Å²) in [4.78, 5) is 23.1. The smallest absolute Gasteiger partial charge is 0.271 e. The molecule has 1 rings (SSSR count). The molecule has 12 heavy (non-hydrogen) atoms. The molecule has 0 saturated carbocycles. The minimum Gasteiger partial charge on any atom is -0.502 e. The predicted molar refractivity (Wildman–Crippen MR) is 46.6 cm³/mol. The van der Waals surface area contributed by atoms with Crippen molar-refractivity contribution in [3.05, 3.63) is 20.4 Å². The van der Waals surface area contributed by atoms with Gasteiger partial charge in [0.05, 0.1) is 0 Å². The standard InChI is InChI=1S/C8H11NO3/c1-3-4-9(2)5-6(10)8(12)7(5)11/h10H,3-4H2,1-2H3. The number of hydrogen-bond acceptors (Lipinski definition) is 4. The van der Waals surface area contributed by atoms with Crippen molar-refractivity contribution in [1.82, 2.24) is 0 Å². The Bertz CT molecular complexity index is 349. The highest BCUT2D eigenvalue weighted by Gasteiger charge is 2.22. The number of rotatable bonds is 3. The Morgan fingerprint density at radius 1 is 1.33 bits per heavy atom. The van der Waals surface area contributed by atoms with E-state index in [1.165, 1.54) is 0 Å². The minimum absolute atomic E-state index is 0.154. The first-order valence-electron chi connectivity index (χ1n) is 3.83. The molecule has 4 nitrogen and oxygen atoms in total. The second kappa shape index (κ2) is 2.97. The summed E-state index contributed by atoms with van der Waals surface area (Å²) in [6.07, 6.45) is 0.870. The first-order chi connectivity index (χ1) is 5.59. The van der Waals surface area contributed by atoms with E-state index in [1.54, 1.807) is 11.9 Å². The Hall–Kier alpha value is -1.32. The summed E-state index contributed by atoms with van der Waals surface area (Å²) < 4.78 is 0. The van der Waals surface area contributed by atoms with Gasteiger partial charge in [0.25, 0.3) is 10.9 Å². The maximum Gasteiger partial charge on any atom is 0.271 e. The van der Waals surface area contributed by atoms with Gasteiger partial charge in [-0.25, -0.2) is 0 Å². The Labute approximate surface area is 69.7 Å². The van der Waals surface area contributed by atoms with E-state index in [0.29, 0.717) is 6.54 Å². The van der Waals surface area contributed by atoms with Gasteiger partial charge in [0, 0.05) is 13.6 Å². The van der Waals surface area contributed by atoms with Gasteiger partial charge >= 0.3 is 0 Å². The van der Waals surface area contributed by atoms with E-state index in [-0.39, 0.29) is 5.69 Å². The van der Waals surface area contributed by atoms with Gasteiger partial charge in [-0.1, -0.05) is 6.92 Å². The Balaban J connectivity index is 2.91. The third kappa shape index (κ3) is 1.09. The fourth-order valence-electron chi connectivity index (χ4n) is 1.17. The summed E-state index contributed by atoms with van der Waals surface area (Å²) in [6.45, 7) is 2.62. The lowest BCUT2D eigenvalue weighted by Gasteiger charge is -2.19. The van der Waals surface area contributed by atoms with Crippen LogP contribution in [0, 0.1) is 0 Å². The lowest BCUT2D eigenvalue weighted by molar-refractivity contribution is 0.462. The van der Waals surface area contributed by atoms with E-state index < -0.39 is 16.6 Å². The van der Waals surface area contributed by atoms with Crippen molar-refractivity contribution in [2.24, 2.45) is 0 Å². The van der Waals surface area contributed by atoms with E-state index >= 15 is 0 Å². The third-order valence-electron chi connectivity index (χ3n) is 1.80. The van der Waals surface area contributed by atoms with Crippen molar-refractivity contribution >= 4 is 5.69 Å². The van der Waals surface area contributed by atoms with Crippen molar-refractivity contribution in [2.75, 3.05) is 18.5 Å². The molecule has 66 valence electrons. The van der Waals surface area contributed by atoms with E-state index in [0.717, 1.165) is 6.42 Å². The summed E-state index contributed by atoms with van der Waals surface area (Å²) in [6, 6.07) is 0. The summed E-state index contributed by atoms with van der Waals surface area (Å²) in [5, 5.41) is 9.01. The van der Waals surface area contributed by atoms with Gasteiger partial charge in [-0.05, 0) is 6.42 Å². The van der Waals surface area contributed by atoms with Gasteiger partial charge in [-0.3, -0.25) is 9.59 Å². The summed E-state index contributed by atoms with van der Waals surface area (Å²) in [7, 11) is 1.68. The molecule has 0 saturated heterocycles. The van der Waals surface area contributed by atoms with Crippen LogP contribution in [0.2, 0.25) is 0 Å². The molecule has 0 heterocycles. The zero-order valence-electron chi connectivity index (χ0n) is 7.13. The molecule has 0 aliphatic rings. The molecular weight excluding hydrogens is 158 g/mol. The fourth-order valence-corrected chi connectivity index (χ4v) is 1.17. The largest absolute Gasteiger partial charge is 0.502 e. The molecule has 0 atom stereocenters. The second-order valence-corrected chi connectivity index (χ2v) is 2.78. The highest BCUT2D eigenvalue weighted by atomic mass is 16.3. The van der Waals surface area contributed by atoms with E-state index in [9.17, 15) is 9.59 Å². The highest BCUT2D eigenvalue weighted by molar-refractivity contribution is 5.62. The first-order valence-corrected chi connectivity index (χ1v) is 3.83. The Morgan fingerprint density at radius 2 is 1.92 bits per heavy atom. The highest BCUT2D eigenvalue weighted by Crippen LogP contribution is 2.18. The van der Waals surface area contributed by atoms with E-state index in [4.69, 9.17) is 5.11 Å². The monoisotopic (exact) mass is 169 g/mol. The lowest BCUT2D eigenvalue weighted by atomic mass is 10.2. The quantitative estimate of drug-likeness (QED) is 0.638. The molecule has 4 heteroatoms. The average molecular weight is 169 g/mol. The van der Waals surface area contributed by atoms with Gasteiger partial charge in [-0.15, -0.1) is 0 Å². The maximum atomic E-state index is 10.9. The Morgan fingerprint density at radius 3 is 2.33 bits per heavy atom.